The van der Waals surface area contributed by atoms with Gasteiger partial charge in [0.25, 0.3) is 0 Å². The van der Waals surface area contributed by atoms with Crippen LogP contribution in [0.3, 0.4) is 0 Å². The summed E-state index contributed by atoms with van der Waals surface area (Å²) in [6.45, 7) is 1.67. The number of aromatic amines is 1. The van der Waals surface area contributed by atoms with Gasteiger partial charge in [0.15, 0.2) is 17.3 Å². The van der Waals surface area contributed by atoms with Gasteiger partial charge in [0.2, 0.25) is 5.95 Å². The minimum Gasteiger partial charge on any atom is -0.493 e. The molecule has 0 bridgehead atoms. The number of methoxy groups -OCH3 is 2. The third-order valence-electron chi connectivity index (χ3n) is 5.54. The zero-order valence-corrected chi connectivity index (χ0v) is 16.0. The van der Waals surface area contributed by atoms with Gasteiger partial charge >= 0.3 is 0 Å². The summed E-state index contributed by atoms with van der Waals surface area (Å²) in [6, 6.07) is 12.1. The lowest BCUT2D eigenvalue weighted by Gasteiger charge is -2.15. The lowest BCUT2D eigenvalue weighted by molar-refractivity contribution is 0.356. The van der Waals surface area contributed by atoms with Crippen LogP contribution in [0, 0.1) is 0 Å². The van der Waals surface area contributed by atoms with Crippen molar-refractivity contribution in [1.82, 2.24) is 24.5 Å². The Kier molecular flexibility index (Phi) is 3.26. The number of nitrogens with one attached hydrogen (secondary N) is 1. The predicted molar refractivity (Wildman–Crippen MR) is 111 cm³/mol. The van der Waals surface area contributed by atoms with Crippen molar-refractivity contribution in [2.75, 3.05) is 25.7 Å². The van der Waals surface area contributed by atoms with Gasteiger partial charge in [0, 0.05) is 24.5 Å². The molecular formula is C21H18N6O2. The fourth-order valence-corrected chi connectivity index (χ4v) is 4.20. The zero-order chi connectivity index (χ0) is 19.5. The predicted octanol–water partition coefficient (Wildman–Crippen LogP) is 3.63. The molecule has 8 nitrogen and oxygen atoms in total. The van der Waals surface area contributed by atoms with Crippen molar-refractivity contribution in [1.29, 1.82) is 0 Å². The van der Waals surface area contributed by atoms with Gasteiger partial charge in [-0.05, 0) is 18.2 Å². The van der Waals surface area contributed by atoms with Crippen LogP contribution in [0.2, 0.25) is 0 Å². The summed E-state index contributed by atoms with van der Waals surface area (Å²) in [5, 5.41) is 0.967. The SMILES string of the molecule is COc1cc2[nH]c3c(N4CCn5c4nc4ccccc45)ncnc3c2cc1OC. The number of benzene rings is 2. The maximum absolute atomic E-state index is 5.47. The fourth-order valence-electron chi connectivity index (χ4n) is 4.20. The van der Waals surface area contributed by atoms with E-state index in [9.17, 15) is 0 Å². The van der Waals surface area contributed by atoms with Crippen LogP contribution >= 0.6 is 0 Å². The van der Waals surface area contributed by atoms with E-state index in [-0.39, 0.29) is 0 Å². The van der Waals surface area contributed by atoms with Crippen LogP contribution < -0.4 is 14.4 Å². The molecule has 5 aromatic rings. The first kappa shape index (κ1) is 16.2. The Morgan fingerprint density at radius 1 is 1.00 bits per heavy atom. The van der Waals surface area contributed by atoms with E-state index in [1.807, 2.05) is 30.3 Å². The quantitative estimate of drug-likeness (QED) is 0.510. The fraction of sp³-hybridized carbons (Fsp3) is 0.190. The van der Waals surface area contributed by atoms with Gasteiger partial charge in [0.05, 0.1) is 30.8 Å². The molecule has 0 aliphatic carbocycles. The molecule has 6 rings (SSSR count). The molecule has 1 N–H and O–H groups in total. The lowest BCUT2D eigenvalue weighted by atomic mass is 10.2. The molecule has 0 unspecified atom stereocenters. The Labute approximate surface area is 165 Å². The van der Waals surface area contributed by atoms with Gasteiger partial charge in [-0.25, -0.2) is 15.0 Å². The normalized spacial score (nSPS) is 13.5. The van der Waals surface area contributed by atoms with Crippen molar-refractivity contribution in [3.63, 3.8) is 0 Å². The summed E-state index contributed by atoms with van der Waals surface area (Å²) in [7, 11) is 3.26. The molecule has 0 amide bonds. The average Bonchev–Trinajstić information content (AvgIpc) is 3.43. The molecule has 4 heterocycles. The number of ether oxygens (including phenoxy) is 2. The summed E-state index contributed by atoms with van der Waals surface area (Å²) in [4.78, 5) is 19.6. The number of H-pyrrole nitrogens is 1. The van der Waals surface area contributed by atoms with Crippen LogP contribution in [0.5, 0.6) is 11.5 Å². The maximum Gasteiger partial charge on any atom is 0.212 e. The van der Waals surface area contributed by atoms with Crippen molar-refractivity contribution in [3.05, 3.63) is 42.7 Å². The van der Waals surface area contributed by atoms with Crippen molar-refractivity contribution < 1.29 is 9.47 Å². The van der Waals surface area contributed by atoms with Crippen LogP contribution in [-0.2, 0) is 6.54 Å². The van der Waals surface area contributed by atoms with E-state index in [4.69, 9.17) is 14.5 Å². The average molecular weight is 386 g/mol. The molecule has 0 fully saturated rings. The minimum absolute atomic E-state index is 0.670. The highest BCUT2D eigenvalue weighted by atomic mass is 16.5. The van der Waals surface area contributed by atoms with Gasteiger partial charge in [-0.3, -0.25) is 4.90 Å². The smallest absolute Gasteiger partial charge is 0.212 e. The van der Waals surface area contributed by atoms with E-state index >= 15 is 0 Å². The first-order chi connectivity index (χ1) is 14.3. The number of anilines is 2. The second kappa shape index (κ2) is 5.84. The molecule has 2 aromatic carbocycles. The molecular weight excluding hydrogens is 368 g/mol. The van der Waals surface area contributed by atoms with E-state index in [0.717, 1.165) is 57.8 Å². The molecule has 1 aliphatic rings. The van der Waals surface area contributed by atoms with Crippen LogP contribution in [0.1, 0.15) is 0 Å². The topological polar surface area (TPSA) is 81.1 Å². The van der Waals surface area contributed by atoms with Crippen molar-refractivity contribution in [3.8, 4) is 11.5 Å². The lowest BCUT2D eigenvalue weighted by Crippen LogP contribution is -2.16. The molecule has 0 saturated heterocycles. The molecule has 3 aromatic heterocycles. The van der Waals surface area contributed by atoms with Crippen LogP contribution in [0.15, 0.2) is 42.7 Å². The Morgan fingerprint density at radius 2 is 1.83 bits per heavy atom. The van der Waals surface area contributed by atoms with Gasteiger partial charge in [-0.1, -0.05) is 12.1 Å². The summed E-state index contributed by atoms with van der Waals surface area (Å²) < 4.78 is 13.1. The highest BCUT2D eigenvalue weighted by molar-refractivity contribution is 6.09. The van der Waals surface area contributed by atoms with Crippen LogP contribution in [-0.4, -0.2) is 45.3 Å². The minimum atomic E-state index is 0.670. The van der Waals surface area contributed by atoms with Crippen molar-refractivity contribution in [2.24, 2.45) is 0 Å². The van der Waals surface area contributed by atoms with Crippen molar-refractivity contribution >= 4 is 44.7 Å². The summed E-state index contributed by atoms with van der Waals surface area (Å²) >= 11 is 0. The monoisotopic (exact) mass is 386 g/mol. The molecule has 0 saturated carbocycles. The standard InChI is InChI=1S/C21H18N6O2/c1-28-16-9-12-14(10-17(16)29-2)24-19-18(12)22-11-23-20(19)27-8-7-26-15-6-4-3-5-13(15)25-21(26)27/h3-6,9-11,24H,7-8H2,1-2H3. The van der Waals surface area contributed by atoms with Gasteiger partial charge in [-0.15, -0.1) is 0 Å². The largest absolute Gasteiger partial charge is 0.493 e. The van der Waals surface area contributed by atoms with E-state index < -0.39 is 0 Å². The Bertz CT molecular complexity index is 1400. The third kappa shape index (κ3) is 2.16. The number of hydrogen-bond donors (Lipinski definition) is 1. The Balaban J connectivity index is 1.58. The van der Waals surface area contributed by atoms with Gasteiger partial charge < -0.3 is 19.0 Å². The van der Waals surface area contributed by atoms with Gasteiger partial charge in [-0.2, -0.15) is 0 Å². The second-order valence-electron chi connectivity index (χ2n) is 7.00. The van der Waals surface area contributed by atoms with Crippen LogP contribution in [0.4, 0.5) is 11.8 Å². The van der Waals surface area contributed by atoms with E-state index in [0.29, 0.717) is 11.5 Å². The highest BCUT2D eigenvalue weighted by Gasteiger charge is 2.28. The Morgan fingerprint density at radius 3 is 2.69 bits per heavy atom. The highest BCUT2D eigenvalue weighted by Crippen LogP contribution is 2.39. The van der Waals surface area contributed by atoms with E-state index in [2.05, 4.69) is 30.5 Å². The zero-order valence-electron chi connectivity index (χ0n) is 16.0. The Hall–Kier alpha value is -3.81. The molecule has 1 aliphatic heterocycles. The molecule has 144 valence electrons. The summed E-state index contributed by atoms with van der Waals surface area (Å²) in [5.74, 6) is 3.06. The number of imidazole rings is 1. The second-order valence-corrected chi connectivity index (χ2v) is 7.00. The molecule has 0 atom stereocenters. The van der Waals surface area contributed by atoms with Crippen LogP contribution in [0.25, 0.3) is 33.0 Å². The van der Waals surface area contributed by atoms with E-state index in [1.165, 1.54) is 0 Å². The number of aromatic nitrogens is 5. The number of nitrogens with zero attached hydrogens (tertiary/aromatic N) is 5. The van der Waals surface area contributed by atoms with E-state index in [1.54, 1.807) is 20.5 Å². The first-order valence-corrected chi connectivity index (χ1v) is 9.39. The maximum atomic E-state index is 5.47. The number of para-hydroxylation sites is 2. The number of hydrogen-bond acceptors (Lipinski definition) is 6. The molecule has 29 heavy (non-hydrogen) atoms. The van der Waals surface area contributed by atoms with Crippen molar-refractivity contribution in [2.45, 2.75) is 6.54 Å². The molecule has 0 radical (unpaired) electrons. The number of fused-ring (bicyclic) bond motifs is 6. The van der Waals surface area contributed by atoms with Gasteiger partial charge in [0.1, 0.15) is 17.4 Å². The number of rotatable bonds is 3. The first-order valence-electron chi connectivity index (χ1n) is 9.39. The third-order valence-corrected chi connectivity index (χ3v) is 5.54. The summed E-state index contributed by atoms with van der Waals surface area (Å²) in [5.41, 5.74) is 4.77. The molecule has 0 spiro atoms. The summed E-state index contributed by atoms with van der Waals surface area (Å²) in [6.07, 6.45) is 1.60. The molecule has 8 heteroatoms.